The Labute approximate surface area is 92.4 Å². The lowest BCUT2D eigenvalue weighted by molar-refractivity contribution is 0.0685. The van der Waals surface area contributed by atoms with Gasteiger partial charge in [-0.2, -0.15) is 0 Å². The number of carbonyl (C=O) groups is 1. The molecule has 0 aliphatic carbocycles. The molecule has 0 atom stereocenters. The van der Waals surface area contributed by atoms with Crippen molar-refractivity contribution in [1.29, 1.82) is 0 Å². The maximum absolute atomic E-state index is 11.0. The van der Waals surface area contributed by atoms with Gasteiger partial charge in [0.25, 0.3) is 0 Å². The van der Waals surface area contributed by atoms with Crippen molar-refractivity contribution in [1.82, 2.24) is 14.5 Å². The average molecular weight is 217 g/mol. The highest BCUT2D eigenvalue weighted by Crippen LogP contribution is 2.21. The van der Waals surface area contributed by atoms with E-state index < -0.39 is 5.97 Å². The SMILES string of the molecule is CCn1c(C(=O)O)ccc1-c1cncnc1. The highest BCUT2D eigenvalue weighted by atomic mass is 16.4. The number of aromatic carboxylic acids is 1. The summed E-state index contributed by atoms with van der Waals surface area (Å²) in [5.74, 6) is -0.926. The predicted octanol–water partition coefficient (Wildman–Crippen LogP) is 1.66. The number of aromatic nitrogens is 3. The van der Waals surface area contributed by atoms with Crippen molar-refractivity contribution in [2.75, 3.05) is 0 Å². The van der Waals surface area contributed by atoms with Crippen LogP contribution < -0.4 is 0 Å². The molecule has 2 aromatic rings. The summed E-state index contributed by atoms with van der Waals surface area (Å²) >= 11 is 0. The highest BCUT2D eigenvalue weighted by molar-refractivity contribution is 5.87. The van der Waals surface area contributed by atoms with Gasteiger partial charge in [0.2, 0.25) is 0 Å². The Morgan fingerprint density at radius 3 is 2.62 bits per heavy atom. The molecule has 0 spiro atoms. The highest BCUT2D eigenvalue weighted by Gasteiger charge is 2.13. The van der Waals surface area contributed by atoms with Crippen molar-refractivity contribution in [2.24, 2.45) is 0 Å². The Kier molecular flexibility index (Phi) is 2.68. The largest absolute Gasteiger partial charge is 0.477 e. The van der Waals surface area contributed by atoms with Crippen LogP contribution in [0.4, 0.5) is 0 Å². The molecule has 5 nitrogen and oxygen atoms in total. The molecule has 0 aromatic carbocycles. The third kappa shape index (κ3) is 1.67. The average Bonchev–Trinajstić information content (AvgIpc) is 2.73. The van der Waals surface area contributed by atoms with Crippen LogP contribution in [0.3, 0.4) is 0 Å². The summed E-state index contributed by atoms with van der Waals surface area (Å²) in [5, 5.41) is 9.00. The first-order valence-electron chi connectivity index (χ1n) is 4.92. The molecule has 0 unspecified atom stereocenters. The summed E-state index contributed by atoms with van der Waals surface area (Å²) in [4.78, 5) is 18.8. The van der Waals surface area contributed by atoms with E-state index in [0.717, 1.165) is 11.3 Å². The number of hydrogen-bond donors (Lipinski definition) is 1. The van der Waals surface area contributed by atoms with Crippen LogP contribution in [0, 0.1) is 0 Å². The van der Waals surface area contributed by atoms with Gasteiger partial charge in [-0.05, 0) is 19.1 Å². The van der Waals surface area contributed by atoms with Gasteiger partial charge < -0.3 is 9.67 Å². The zero-order chi connectivity index (χ0) is 11.5. The fourth-order valence-electron chi connectivity index (χ4n) is 1.68. The fourth-order valence-corrected chi connectivity index (χ4v) is 1.68. The van der Waals surface area contributed by atoms with Crippen molar-refractivity contribution in [3.05, 3.63) is 36.5 Å². The molecule has 0 radical (unpaired) electrons. The van der Waals surface area contributed by atoms with Gasteiger partial charge >= 0.3 is 5.97 Å². The number of rotatable bonds is 3. The minimum Gasteiger partial charge on any atom is -0.477 e. The molecule has 0 amide bonds. The van der Waals surface area contributed by atoms with E-state index in [1.807, 2.05) is 6.92 Å². The Morgan fingerprint density at radius 1 is 1.38 bits per heavy atom. The van der Waals surface area contributed by atoms with Crippen molar-refractivity contribution >= 4 is 5.97 Å². The molecule has 0 aliphatic heterocycles. The Bertz CT molecular complexity index is 505. The number of carboxylic acids is 1. The van der Waals surface area contributed by atoms with E-state index in [9.17, 15) is 4.79 Å². The molecule has 2 heterocycles. The maximum Gasteiger partial charge on any atom is 0.352 e. The molecule has 2 aromatic heterocycles. The van der Waals surface area contributed by atoms with Gasteiger partial charge in [0.05, 0.1) is 5.69 Å². The van der Waals surface area contributed by atoms with Crippen LogP contribution in [0.2, 0.25) is 0 Å². The molecule has 16 heavy (non-hydrogen) atoms. The standard InChI is InChI=1S/C11H11N3O2/c1-2-14-9(3-4-10(14)11(15)16)8-5-12-7-13-6-8/h3-7H,2H2,1H3,(H,15,16). The van der Waals surface area contributed by atoms with Crippen LogP contribution in [-0.4, -0.2) is 25.6 Å². The molecule has 5 heteroatoms. The van der Waals surface area contributed by atoms with Gasteiger partial charge in [-0.3, -0.25) is 0 Å². The van der Waals surface area contributed by atoms with E-state index in [4.69, 9.17) is 5.11 Å². The molecule has 2 rings (SSSR count). The van der Waals surface area contributed by atoms with Gasteiger partial charge in [0.15, 0.2) is 0 Å². The lowest BCUT2D eigenvalue weighted by atomic mass is 10.2. The van der Waals surface area contributed by atoms with Crippen molar-refractivity contribution < 1.29 is 9.90 Å². The number of carboxylic acid groups (broad SMARTS) is 1. The van der Waals surface area contributed by atoms with Crippen molar-refractivity contribution in [3.8, 4) is 11.3 Å². The van der Waals surface area contributed by atoms with Gasteiger partial charge in [-0.25, -0.2) is 14.8 Å². The van der Waals surface area contributed by atoms with Crippen LogP contribution in [0.5, 0.6) is 0 Å². The van der Waals surface area contributed by atoms with E-state index in [-0.39, 0.29) is 5.69 Å². The normalized spacial score (nSPS) is 10.3. The minimum atomic E-state index is -0.926. The monoisotopic (exact) mass is 217 g/mol. The molecular weight excluding hydrogens is 206 g/mol. The maximum atomic E-state index is 11.0. The first-order valence-corrected chi connectivity index (χ1v) is 4.92. The molecule has 0 fully saturated rings. The van der Waals surface area contributed by atoms with Crippen molar-refractivity contribution in [2.45, 2.75) is 13.5 Å². The minimum absolute atomic E-state index is 0.279. The van der Waals surface area contributed by atoms with Crippen LogP contribution in [0.1, 0.15) is 17.4 Å². The summed E-state index contributed by atoms with van der Waals surface area (Å²) in [5.41, 5.74) is 1.92. The summed E-state index contributed by atoms with van der Waals surface area (Å²) in [6.45, 7) is 2.50. The molecule has 0 saturated heterocycles. The van der Waals surface area contributed by atoms with E-state index in [0.29, 0.717) is 6.54 Å². The summed E-state index contributed by atoms with van der Waals surface area (Å²) in [7, 11) is 0. The quantitative estimate of drug-likeness (QED) is 0.849. The van der Waals surface area contributed by atoms with Gasteiger partial charge in [-0.1, -0.05) is 0 Å². The topological polar surface area (TPSA) is 68.0 Å². The zero-order valence-electron chi connectivity index (χ0n) is 8.79. The third-order valence-electron chi connectivity index (χ3n) is 2.37. The molecule has 1 N–H and O–H groups in total. The van der Waals surface area contributed by atoms with E-state index in [1.54, 1.807) is 29.1 Å². The molecular formula is C11H11N3O2. The summed E-state index contributed by atoms with van der Waals surface area (Å²) < 4.78 is 1.72. The second kappa shape index (κ2) is 4.14. The van der Waals surface area contributed by atoms with Crippen LogP contribution >= 0.6 is 0 Å². The summed E-state index contributed by atoms with van der Waals surface area (Å²) in [6, 6.07) is 3.36. The van der Waals surface area contributed by atoms with E-state index in [1.165, 1.54) is 6.33 Å². The first-order chi connectivity index (χ1) is 7.74. The predicted molar refractivity (Wildman–Crippen MR) is 58.1 cm³/mol. The number of hydrogen-bond acceptors (Lipinski definition) is 3. The third-order valence-corrected chi connectivity index (χ3v) is 2.37. The van der Waals surface area contributed by atoms with E-state index >= 15 is 0 Å². The van der Waals surface area contributed by atoms with E-state index in [2.05, 4.69) is 9.97 Å². The van der Waals surface area contributed by atoms with Crippen LogP contribution in [0.15, 0.2) is 30.9 Å². The van der Waals surface area contributed by atoms with Gasteiger partial charge in [0, 0.05) is 24.5 Å². The lowest BCUT2D eigenvalue weighted by Gasteiger charge is -2.07. The fraction of sp³-hybridized carbons (Fsp3) is 0.182. The Morgan fingerprint density at radius 2 is 2.06 bits per heavy atom. The smallest absolute Gasteiger partial charge is 0.352 e. The molecule has 82 valence electrons. The Hall–Kier alpha value is -2.17. The second-order valence-corrected chi connectivity index (χ2v) is 3.28. The molecule has 0 bridgehead atoms. The molecule has 0 saturated carbocycles. The summed E-state index contributed by atoms with van der Waals surface area (Å²) in [6.07, 6.45) is 4.78. The zero-order valence-corrected chi connectivity index (χ0v) is 8.79. The Balaban J connectivity index is 2.54. The first kappa shape index (κ1) is 10.4. The molecule has 0 aliphatic rings. The van der Waals surface area contributed by atoms with Crippen molar-refractivity contribution in [3.63, 3.8) is 0 Å². The lowest BCUT2D eigenvalue weighted by Crippen LogP contribution is -2.08. The second-order valence-electron chi connectivity index (χ2n) is 3.28. The van der Waals surface area contributed by atoms with Crippen LogP contribution in [-0.2, 0) is 6.54 Å². The van der Waals surface area contributed by atoms with Gasteiger partial charge in [-0.15, -0.1) is 0 Å². The van der Waals surface area contributed by atoms with Gasteiger partial charge in [0.1, 0.15) is 12.0 Å². The van der Waals surface area contributed by atoms with Crippen LogP contribution in [0.25, 0.3) is 11.3 Å². The number of nitrogens with zero attached hydrogens (tertiary/aromatic N) is 3.